The van der Waals surface area contributed by atoms with Crippen molar-refractivity contribution < 1.29 is 14.3 Å². The molecular formula is C21H31N3O3. The topological polar surface area (TPSA) is 71.5 Å². The molecule has 0 radical (unpaired) electrons. The number of pyridine rings is 1. The number of hydrogen-bond donors (Lipinski definition) is 1. The van der Waals surface area contributed by atoms with E-state index in [1.54, 1.807) is 12.4 Å². The molecule has 27 heavy (non-hydrogen) atoms. The van der Waals surface area contributed by atoms with Gasteiger partial charge in [-0.2, -0.15) is 0 Å². The highest BCUT2D eigenvalue weighted by atomic mass is 16.5. The van der Waals surface area contributed by atoms with Gasteiger partial charge in [0.05, 0.1) is 19.3 Å². The normalized spacial score (nSPS) is 23.1. The fourth-order valence-corrected chi connectivity index (χ4v) is 4.13. The predicted molar refractivity (Wildman–Crippen MR) is 103 cm³/mol. The minimum atomic E-state index is -0.0596. The first kappa shape index (κ1) is 19.8. The second-order valence-corrected chi connectivity index (χ2v) is 7.83. The van der Waals surface area contributed by atoms with E-state index in [-0.39, 0.29) is 36.6 Å². The molecule has 1 aliphatic heterocycles. The molecule has 0 spiro atoms. The van der Waals surface area contributed by atoms with Crippen LogP contribution in [0.4, 0.5) is 0 Å². The molecule has 2 atom stereocenters. The summed E-state index contributed by atoms with van der Waals surface area (Å²) in [6.45, 7) is 1.19. The number of carbonyl (C=O) groups excluding carboxylic acids is 2. The molecule has 148 valence electrons. The molecule has 1 aliphatic carbocycles. The molecule has 2 heterocycles. The Hall–Kier alpha value is -1.95. The van der Waals surface area contributed by atoms with Crippen LogP contribution in [-0.4, -0.2) is 54.0 Å². The van der Waals surface area contributed by atoms with Gasteiger partial charge in [-0.15, -0.1) is 0 Å². The highest BCUT2D eigenvalue weighted by Gasteiger charge is 2.30. The van der Waals surface area contributed by atoms with Gasteiger partial charge in [0.1, 0.15) is 0 Å². The number of rotatable bonds is 7. The first-order valence-electron chi connectivity index (χ1n) is 10.1. The minimum Gasteiger partial charge on any atom is -0.379 e. The first-order valence-corrected chi connectivity index (χ1v) is 10.1. The Morgan fingerprint density at radius 1 is 1.15 bits per heavy atom. The van der Waals surface area contributed by atoms with E-state index in [4.69, 9.17) is 4.74 Å². The Balaban J connectivity index is 1.42. The lowest BCUT2D eigenvalue weighted by atomic mass is 9.94. The molecule has 1 aromatic heterocycles. The smallest absolute Gasteiger partial charge is 0.223 e. The fraction of sp³-hybridized carbons (Fsp3) is 0.667. The zero-order valence-corrected chi connectivity index (χ0v) is 16.2. The van der Waals surface area contributed by atoms with Crippen molar-refractivity contribution >= 4 is 11.8 Å². The van der Waals surface area contributed by atoms with Crippen LogP contribution >= 0.6 is 0 Å². The van der Waals surface area contributed by atoms with E-state index in [2.05, 4.69) is 10.3 Å². The maximum absolute atomic E-state index is 12.4. The van der Waals surface area contributed by atoms with Gasteiger partial charge in [0.15, 0.2) is 0 Å². The summed E-state index contributed by atoms with van der Waals surface area (Å²) in [7, 11) is 1.88. The average Bonchev–Trinajstić information content (AvgIpc) is 3.13. The number of ether oxygens (including phenoxy) is 1. The van der Waals surface area contributed by atoms with Gasteiger partial charge in [-0.05, 0) is 37.0 Å². The SMILES string of the molecule is CN(C(=O)CCC(=O)N[C@@H]1COC[C@H]1Cc1ccncc1)C1CCCCC1. The second-order valence-electron chi connectivity index (χ2n) is 7.83. The zero-order valence-electron chi connectivity index (χ0n) is 16.2. The van der Waals surface area contributed by atoms with Crippen molar-refractivity contribution in [3.8, 4) is 0 Å². The minimum absolute atomic E-state index is 0.0110. The average molecular weight is 373 g/mol. The highest BCUT2D eigenvalue weighted by molar-refractivity contribution is 5.84. The number of hydrogen-bond acceptors (Lipinski definition) is 4. The summed E-state index contributed by atoms with van der Waals surface area (Å²) in [5, 5.41) is 3.07. The largest absolute Gasteiger partial charge is 0.379 e. The molecule has 0 aromatic carbocycles. The Bertz CT molecular complexity index is 616. The summed E-state index contributed by atoms with van der Waals surface area (Å²) >= 11 is 0. The quantitative estimate of drug-likeness (QED) is 0.796. The summed E-state index contributed by atoms with van der Waals surface area (Å²) in [4.78, 5) is 30.7. The summed E-state index contributed by atoms with van der Waals surface area (Å²) in [6.07, 6.45) is 10.8. The molecule has 1 aromatic rings. The summed E-state index contributed by atoms with van der Waals surface area (Å²) in [6, 6.07) is 4.35. The summed E-state index contributed by atoms with van der Waals surface area (Å²) < 4.78 is 5.58. The maximum Gasteiger partial charge on any atom is 0.223 e. The third-order valence-electron chi connectivity index (χ3n) is 5.87. The van der Waals surface area contributed by atoms with E-state index >= 15 is 0 Å². The van der Waals surface area contributed by atoms with Crippen LogP contribution in [-0.2, 0) is 20.7 Å². The summed E-state index contributed by atoms with van der Waals surface area (Å²) in [5.41, 5.74) is 1.20. The third-order valence-corrected chi connectivity index (χ3v) is 5.87. The van der Waals surface area contributed by atoms with E-state index < -0.39 is 0 Å². The first-order chi connectivity index (χ1) is 13.1. The van der Waals surface area contributed by atoms with Gasteiger partial charge in [-0.1, -0.05) is 19.3 Å². The fourth-order valence-electron chi connectivity index (χ4n) is 4.13. The molecule has 3 rings (SSSR count). The van der Waals surface area contributed by atoms with Gasteiger partial charge in [-0.25, -0.2) is 0 Å². The Labute approximate surface area is 161 Å². The van der Waals surface area contributed by atoms with Gasteiger partial charge in [0.2, 0.25) is 11.8 Å². The molecule has 2 amide bonds. The zero-order chi connectivity index (χ0) is 19.1. The second kappa shape index (κ2) is 9.83. The maximum atomic E-state index is 12.4. The molecular weight excluding hydrogens is 342 g/mol. The molecule has 0 unspecified atom stereocenters. The van der Waals surface area contributed by atoms with Crippen LogP contribution in [0.3, 0.4) is 0 Å². The number of nitrogens with one attached hydrogen (secondary N) is 1. The monoisotopic (exact) mass is 373 g/mol. The Morgan fingerprint density at radius 3 is 2.63 bits per heavy atom. The number of carbonyl (C=O) groups is 2. The molecule has 1 saturated carbocycles. The van der Waals surface area contributed by atoms with Crippen molar-refractivity contribution in [2.75, 3.05) is 20.3 Å². The molecule has 1 N–H and O–H groups in total. The van der Waals surface area contributed by atoms with Crippen LogP contribution < -0.4 is 5.32 Å². The summed E-state index contributed by atoms with van der Waals surface area (Å²) in [5.74, 6) is 0.278. The van der Waals surface area contributed by atoms with Crippen LogP contribution in [0.2, 0.25) is 0 Å². The van der Waals surface area contributed by atoms with Gasteiger partial charge < -0.3 is 15.0 Å². The van der Waals surface area contributed by atoms with Crippen LogP contribution in [0.15, 0.2) is 24.5 Å². The lowest BCUT2D eigenvalue weighted by molar-refractivity contribution is -0.134. The van der Waals surface area contributed by atoms with Crippen molar-refractivity contribution in [2.45, 2.75) is 63.5 Å². The molecule has 6 heteroatoms. The molecule has 0 bridgehead atoms. The van der Waals surface area contributed by atoms with Crippen molar-refractivity contribution in [2.24, 2.45) is 5.92 Å². The van der Waals surface area contributed by atoms with E-state index in [1.165, 1.54) is 24.8 Å². The molecule has 6 nitrogen and oxygen atoms in total. The highest BCUT2D eigenvalue weighted by Crippen LogP contribution is 2.22. The van der Waals surface area contributed by atoms with Crippen LogP contribution in [0.25, 0.3) is 0 Å². The van der Waals surface area contributed by atoms with Crippen molar-refractivity contribution in [1.82, 2.24) is 15.2 Å². The van der Waals surface area contributed by atoms with Crippen LogP contribution in [0.1, 0.15) is 50.5 Å². The number of amides is 2. The molecule has 2 aliphatic rings. The van der Waals surface area contributed by atoms with E-state index in [0.29, 0.717) is 19.3 Å². The third kappa shape index (κ3) is 5.76. The van der Waals surface area contributed by atoms with Crippen LogP contribution in [0, 0.1) is 5.92 Å². The van der Waals surface area contributed by atoms with Gasteiger partial charge >= 0.3 is 0 Å². The molecule has 1 saturated heterocycles. The number of aromatic nitrogens is 1. The standard InChI is InChI=1S/C21H31N3O3/c1-24(18-5-3-2-4-6-18)21(26)8-7-20(25)23-19-15-27-14-17(19)13-16-9-11-22-12-10-16/h9-12,17-19H,2-8,13-15H2,1H3,(H,23,25)/t17-,19-/m1/s1. The van der Waals surface area contributed by atoms with Crippen LogP contribution in [0.5, 0.6) is 0 Å². The predicted octanol–water partition coefficient (Wildman–Crippen LogP) is 2.33. The van der Waals surface area contributed by atoms with Crippen molar-refractivity contribution in [3.63, 3.8) is 0 Å². The van der Waals surface area contributed by atoms with Crippen molar-refractivity contribution in [3.05, 3.63) is 30.1 Å². The van der Waals surface area contributed by atoms with Gasteiger partial charge in [0, 0.05) is 44.2 Å². The van der Waals surface area contributed by atoms with E-state index in [1.807, 2.05) is 24.1 Å². The van der Waals surface area contributed by atoms with E-state index in [9.17, 15) is 9.59 Å². The Kier molecular flexibility index (Phi) is 7.21. The Morgan fingerprint density at radius 2 is 1.89 bits per heavy atom. The van der Waals surface area contributed by atoms with Crippen molar-refractivity contribution in [1.29, 1.82) is 0 Å². The lowest BCUT2D eigenvalue weighted by Gasteiger charge is -2.31. The van der Waals surface area contributed by atoms with Gasteiger partial charge in [0.25, 0.3) is 0 Å². The van der Waals surface area contributed by atoms with Gasteiger partial charge in [-0.3, -0.25) is 14.6 Å². The van der Waals surface area contributed by atoms with E-state index in [0.717, 1.165) is 19.3 Å². The number of nitrogens with zero attached hydrogens (tertiary/aromatic N) is 2. The lowest BCUT2D eigenvalue weighted by Crippen LogP contribution is -2.42. The molecule has 2 fully saturated rings.